The summed E-state index contributed by atoms with van der Waals surface area (Å²) < 4.78 is 0. The van der Waals surface area contributed by atoms with Gasteiger partial charge >= 0.3 is 0 Å². The van der Waals surface area contributed by atoms with Gasteiger partial charge in [0.2, 0.25) is 10.7 Å². The summed E-state index contributed by atoms with van der Waals surface area (Å²) in [7, 11) is 0. The van der Waals surface area contributed by atoms with Crippen LogP contribution in [0.5, 0.6) is 0 Å². The van der Waals surface area contributed by atoms with E-state index in [-0.39, 0.29) is 11.8 Å². The Morgan fingerprint density at radius 1 is 0.825 bits per heavy atom. The molecule has 0 saturated heterocycles. The summed E-state index contributed by atoms with van der Waals surface area (Å²) in [6, 6.07) is 15.9. The van der Waals surface area contributed by atoms with Crippen LogP contribution in [0.2, 0.25) is 0 Å². The second-order valence-electron chi connectivity index (χ2n) is 11.5. The average Bonchev–Trinajstić information content (AvgIpc) is 3.41. The highest BCUT2D eigenvalue weighted by Gasteiger charge is 2.48. The number of nitrogens with two attached hydrogens (primary N) is 1. The number of aromatic nitrogens is 4. The molecule has 7 heteroatoms. The van der Waals surface area contributed by atoms with E-state index in [0.29, 0.717) is 5.16 Å². The van der Waals surface area contributed by atoms with Crippen LogP contribution in [-0.4, -0.2) is 31.9 Å². The number of nitrogens with zero attached hydrogens (tertiary/aromatic N) is 4. The van der Waals surface area contributed by atoms with Crippen molar-refractivity contribution in [2.45, 2.75) is 121 Å². The fourth-order valence-corrected chi connectivity index (χ4v) is 6.29. The molecule has 2 N–H and O–H groups in total. The minimum atomic E-state index is -1.41. The van der Waals surface area contributed by atoms with E-state index >= 15 is 0 Å². The van der Waals surface area contributed by atoms with Crippen LogP contribution in [0, 0.1) is 0 Å². The van der Waals surface area contributed by atoms with E-state index in [1.807, 2.05) is 30.3 Å². The molecule has 1 aromatic heterocycles. The van der Waals surface area contributed by atoms with E-state index in [9.17, 15) is 4.79 Å². The van der Waals surface area contributed by atoms with Crippen molar-refractivity contribution >= 4 is 17.7 Å². The quantitative estimate of drug-likeness (QED) is 0.124. The first-order valence-electron chi connectivity index (χ1n) is 15.3. The highest BCUT2D eigenvalue weighted by molar-refractivity contribution is 7.99. The standard InChI is InChI=1S/C33H49N5OS/c1-6-7-8-9-10-11-12-13-14-18-24-40-32-35-37-38(36-32)33(31(34)39,27-20-16-15-17-21-27)30-28(25(2)3)22-19-23-29(30)26(4)5/h15-17,19-23,25-26H,6-14,18,24H2,1-5H3,(H2,34,39). The summed E-state index contributed by atoms with van der Waals surface area (Å²) in [6.07, 6.45) is 13.1. The number of hydrogen-bond donors (Lipinski definition) is 1. The molecule has 6 nitrogen and oxygen atoms in total. The molecule has 0 aliphatic carbocycles. The Hall–Kier alpha value is -2.67. The second kappa shape index (κ2) is 15.9. The lowest BCUT2D eigenvalue weighted by atomic mass is 9.73. The number of primary amides is 1. The third kappa shape index (κ3) is 7.74. The molecule has 3 rings (SSSR count). The largest absolute Gasteiger partial charge is 0.367 e. The van der Waals surface area contributed by atoms with Gasteiger partial charge in [0, 0.05) is 11.3 Å². The van der Waals surface area contributed by atoms with Gasteiger partial charge in [-0.1, -0.05) is 153 Å². The van der Waals surface area contributed by atoms with Gasteiger partial charge in [-0.15, -0.1) is 15.0 Å². The molecular weight excluding hydrogens is 514 g/mol. The van der Waals surface area contributed by atoms with E-state index in [4.69, 9.17) is 10.8 Å². The molecule has 218 valence electrons. The van der Waals surface area contributed by atoms with Crippen LogP contribution in [0.1, 0.15) is 133 Å². The summed E-state index contributed by atoms with van der Waals surface area (Å²) in [5.74, 6) is 0.753. The zero-order valence-corrected chi connectivity index (χ0v) is 26.1. The van der Waals surface area contributed by atoms with Gasteiger partial charge in [-0.2, -0.15) is 0 Å². The van der Waals surface area contributed by atoms with Crippen molar-refractivity contribution in [3.63, 3.8) is 0 Å². The van der Waals surface area contributed by atoms with Gasteiger partial charge in [-0.05, 0) is 40.2 Å². The van der Waals surface area contributed by atoms with Crippen LogP contribution in [0.4, 0.5) is 0 Å². The zero-order valence-electron chi connectivity index (χ0n) is 25.2. The maximum absolute atomic E-state index is 13.7. The first kappa shape index (κ1) is 31.9. The highest BCUT2D eigenvalue weighted by atomic mass is 32.2. The van der Waals surface area contributed by atoms with Gasteiger partial charge in [0.25, 0.3) is 5.91 Å². The number of carbonyl (C=O) groups excluding carboxylic acids is 1. The minimum Gasteiger partial charge on any atom is -0.367 e. The van der Waals surface area contributed by atoms with Crippen molar-refractivity contribution in [1.29, 1.82) is 0 Å². The molecule has 0 radical (unpaired) electrons. The topological polar surface area (TPSA) is 86.7 Å². The van der Waals surface area contributed by atoms with Crippen molar-refractivity contribution < 1.29 is 4.79 Å². The number of amides is 1. The summed E-state index contributed by atoms with van der Waals surface area (Å²) in [5, 5.41) is 14.2. The predicted molar refractivity (Wildman–Crippen MR) is 167 cm³/mol. The lowest BCUT2D eigenvalue weighted by Gasteiger charge is -2.35. The molecule has 0 fully saturated rings. The third-order valence-corrected chi connectivity index (χ3v) is 8.62. The van der Waals surface area contributed by atoms with E-state index in [2.05, 4.69) is 63.1 Å². The minimum absolute atomic E-state index is 0.171. The number of carbonyl (C=O) groups is 1. The Morgan fingerprint density at radius 2 is 1.38 bits per heavy atom. The van der Waals surface area contributed by atoms with Crippen molar-refractivity contribution in [3.8, 4) is 0 Å². The fraction of sp³-hybridized carbons (Fsp3) is 0.576. The van der Waals surface area contributed by atoms with Crippen LogP contribution in [0.25, 0.3) is 0 Å². The van der Waals surface area contributed by atoms with Gasteiger partial charge in [-0.25, -0.2) is 0 Å². The number of hydrogen-bond acceptors (Lipinski definition) is 5. The van der Waals surface area contributed by atoms with Crippen LogP contribution in [0.15, 0.2) is 53.7 Å². The van der Waals surface area contributed by atoms with Crippen molar-refractivity contribution in [3.05, 3.63) is 70.8 Å². The maximum Gasteiger partial charge on any atom is 0.256 e. The number of thioether (sulfide) groups is 1. The lowest BCUT2D eigenvalue weighted by molar-refractivity contribution is -0.124. The Balaban J connectivity index is 1.83. The number of benzene rings is 2. The molecule has 3 aromatic rings. The van der Waals surface area contributed by atoms with Gasteiger partial charge in [0.05, 0.1) is 0 Å². The summed E-state index contributed by atoms with van der Waals surface area (Å²) in [6.45, 7) is 10.8. The molecule has 1 heterocycles. The molecule has 0 aliphatic heterocycles. The van der Waals surface area contributed by atoms with Gasteiger partial charge in [0.1, 0.15) is 0 Å². The van der Waals surface area contributed by atoms with Crippen LogP contribution >= 0.6 is 11.8 Å². The van der Waals surface area contributed by atoms with Crippen LogP contribution < -0.4 is 5.73 Å². The number of tetrazole rings is 1. The third-order valence-electron chi connectivity index (χ3n) is 7.71. The van der Waals surface area contributed by atoms with Gasteiger partial charge in [-0.3, -0.25) is 4.79 Å². The molecule has 0 spiro atoms. The fourth-order valence-electron chi connectivity index (χ4n) is 5.53. The Bertz CT molecular complexity index is 1150. The molecular formula is C33H49N5OS. The molecule has 1 amide bonds. The van der Waals surface area contributed by atoms with Crippen molar-refractivity contribution in [2.75, 3.05) is 5.75 Å². The highest BCUT2D eigenvalue weighted by Crippen LogP contribution is 2.42. The van der Waals surface area contributed by atoms with Crippen molar-refractivity contribution in [1.82, 2.24) is 20.2 Å². The Morgan fingerprint density at radius 3 is 1.90 bits per heavy atom. The molecule has 40 heavy (non-hydrogen) atoms. The molecule has 1 atom stereocenters. The summed E-state index contributed by atoms with van der Waals surface area (Å²) in [4.78, 5) is 15.2. The Labute approximate surface area is 245 Å². The van der Waals surface area contributed by atoms with E-state index in [0.717, 1.165) is 34.4 Å². The zero-order chi connectivity index (χ0) is 29.0. The smallest absolute Gasteiger partial charge is 0.256 e. The molecule has 0 aliphatic rings. The number of rotatable bonds is 18. The van der Waals surface area contributed by atoms with Gasteiger partial charge < -0.3 is 5.73 Å². The first-order valence-corrected chi connectivity index (χ1v) is 16.2. The molecule has 0 bridgehead atoms. The second-order valence-corrected chi connectivity index (χ2v) is 12.5. The SMILES string of the molecule is CCCCCCCCCCCCSc1nnn(C(C(N)=O)(c2ccccc2)c2c(C(C)C)cccc2C(C)C)n1. The van der Waals surface area contributed by atoms with Crippen molar-refractivity contribution in [2.24, 2.45) is 5.73 Å². The van der Waals surface area contributed by atoms with E-state index < -0.39 is 11.4 Å². The molecule has 2 aromatic carbocycles. The van der Waals surface area contributed by atoms with E-state index in [1.165, 1.54) is 62.6 Å². The van der Waals surface area contributed by atoms with E-state index in [1.54, 1.807) is 11.8 Å². The lowest BCUT2D eigenvalue weighted by Crippen LogP contribution is -2.51. The normalized spacial score (nSPS) is 13.2. The number of unbranched alkanes of at least 4 members (excludes halogenated alkanes) is 9. The predicted octanol–water partition coefficient (Wildman–Crippen LogP) is 8.21. The maximum atomic E-state index is 13.7. The Kier molecular flexibility index (Phi) is 12.7. The summed E-state index contributed by atoms with van der Waals surface area (Å²) >= 11 is 1.60. The van der Waals surface area contributed by atoms with Gasteiger partial charge in [0.15, 0.2) is 0 Å². The molecule has 0 saturated carbocycles. The first-order chi connectivity index (χ1) is 19.3. The van der Waals surface area contributed by atoms with Crippen LogP contribution in [-0.2, 0) is 10.3 Å². The van der Waals surface area contributed by atoms with Crippen LogP contribution in [0.3, 0.4) is 0 Å². The molecule has 1 unspecified atom stereocenters. The summed E-state index contributed by atoms with van der Waals surface area (Å²) in [5.41, 5.74) is 8.66. The average molecular weight is 564 g/mol. The monoisotopic (exact) mass is 563 g/mol.